The summed E-state index contributed by atoms with van der Waals surface area (Å²) in [5.41, 5.74) is 9.61. The standard InChI is InChI=1S/C42H27N3/c1-3-11-29(12-4-1)43-26-25-28-19-21-33-34(42(28)43)22-24-40-41(33)35-16-8-10-18-38(35)45(40)31-20-23-39-36(27-31)32-15-7-9-17-37(32)44(39)30-13-5-2-6-14-30/h1-27H. The van der Waals surface area contributed by atoms with Gasteiger partial charge in [0.2, 0.25) is 0 Å². The molecule has 0 unspecified atom stereocenters. The summed E-state index contributed by atoms with van der Waals surface area (Å²) in [5.74, 6) is 0. The van der Waals surface area contributed by atoms with Gasteiger partial charge in [0, 0.05) is 55.6 Å². The zero-order chi connectivity index (χ0) is 29.5. The third kappa shape index (κ3) is 3.41. The van der Waals surface area contributed by atoms with Gasteiger partial charge in [-0.2, -0.15) is 0 Å². The molecule has 0 aliphatic heterocycles. The van der Waals surface area contributed by atoms with Crippen molar-refractivity contribution in [2.75, 3.05) is 0 Å². The maximum Gasteiger partial charge on any atom is 0.0607 e. The molecule has 45 heavy (non-hydrogen) atoms. The van der Waals surface area contributed by atoms with E-state index in [1.54, 1.807) is 0 Å². The minimum Gasteiger partial charge on any atom is -0.316 e. The summed E-state index contributed by atoms with van der Waals surface area (Å²) < 4.78 is 7.14. The predicted molar refractivity (Wildman–Crippen MR) is 189 cm³/mol. The van der Waals surface area contributed by atoms with Crippen molar-refractivity contribution in [3.8, 4) is 17.1 Å². The first-order valence-electron chi connectivity index (χ1n) is 15.5. The fourth-order valence-corrected chi connectivity index (χ4v) is 7.54. The van der Waals surface area contributed by atoms with E-state index in [1.165, 1.54) is 76.7 Å². The molecule has 0 radical (unpaired) electrons. The van der Waals surface area contributed by atoms with E-state index in [0.717, 1.165) is 5.69 Å². The smallest absolute Gasteiger partial charge is 0.0607 e. The van der Waals surface area contributed by atoms with Gasteiger partial charge in [-0.1, -0.05) is 91.0 Å². The Hall–Kier alpha value is -6.06. The molecule has 0 fully saturated rings. The molecule has 3 heterocycles. The molecule has 0 saturated carbocycles. The molecule has 0 amide bonds. The lowest BCUT2D eigenvalue weighted by molar-refractivity contribution is 1.13. The van der Waals surface area contributed by atoms with E-state index in [0.29, 0.717) is 0 Å². The Morgan fingerprint density at radius 1 is 0.333 bits per heavy atom. The molecule has 3 nitrogen and oxygen atoms in total. The van der Waals surface area contributed by atoms with Gasteiger partial charge in [-0.05, 0) is 72.1 Å². The van der Waals surface area contributed by atoms with Crippen LogP contribution in [0.5, 0.6) is 0 Å². The summed E-state index contributed by atoms with van der Waals surface area (Å²) in [6, 6.07) is 57.2. The van der Waals surface area contributed by atoms with Crippen molar-refractivity contribution in [3.63, 3.8) is 0 Å². The second kappa shape index (κ2) is 9.22. The van der Waals surface area contributed by atoms with Crippen molar-refractivity contribution in [1.29, 1.82) is 0 Å². The molecule has 0 bridgehead atoms. The largest absolute Gasteiger partial charge is 0.316 e. The molecule has 0 saturated heterocycles. The van der Waals surface area contributed by atoms with E-state index in [4.69, 9.17) is 0 Å². The van der Waals surface area contributed by atoms with Gasteiger partial charge >= 0.3 is 0 Å². The summed E-state index contributed by atoms with van der Waals surface area (Å²) in [5, 5.41) is 8.84. The average molecular weight is 574 g/mol. The van der Waals surface area contributed by atoms with Crippen molar-refractivity contribution in [2.45, 2.75) is 0 Å². The summed E-state index contributed by atoms with van der Waals surface area (Å²) in [7, 11) is 0. The van der Waals surface area contributed by atoms with Crippen LogP contribution in [0.25, 0.3) is 82.3 Å². The molecule has 3 aromatic heterocycles. The second-order valence-electron chi connectivity index (χ2n) is 11.8. The van der Waals surface area contributed by atoms with Crippen molar-refractivity contribution < 1.29 is 0 Å². The first-order valence-corrected chi connectivity index (χ1v) is 15.5. The van der Waals surface area contributed by atoms with Crippen LogP contribution in [-0.2, 0) is 0 Å². The van der Waals surface area contributed by atoms with Crippen molar-refractivity contribution in [3.05, 3.63) is 164 Å². The number of hydrogen-bond acceptors (Lipinski definition) is 0. The highest BCUT2D eigenvalue weighted by atomic mass is 15.0. The Kier molecular flexibility index (Phi) is 5.00. The van der Waals surface area contributed by atoms with Gasteiger partial charge in [0.25, 0.3) is 0 Å². The molecule has 210 valence electrons. The van der Waals surface area contributed by atoms with Crippen LogP contribution in [0.2, 0.25) is 0 Å². The Morgan fingerprint density at radius 2 is 0.933 bits per heavy atom. The number of aromatic nitrogens is 3. The Morgan fingerprint density at radius 3 is 1.73 bits per heavy atom. The molecule has 10 aromatic rings. The van der Waals surface area contributed by atoms with Crippen molar-refractivity contribution >= 4 is 65.3 Å². The monoisotopic (exact) mass is 573 g/mol. The van der Waals surface area contributed by atoms with Gasteiger partial charge in [-0.3, -0.25) is 0 Å². The van der Waals surface area contributed by atoms with Crippen molar-refractivity contribution in [1.82, 2.24) is 13.7 Å². The van der Waals surface area contributed by atoms with Crippen LogP contribution in [0, 0.1) is 0 Å². The second-order valence-corrected chi connectivity index (χ2v) is 11.8. The fourth-order valence-electron chi connectivity index (χ4n) is 7.54. The molecule has 0 atom stereocenters. The molecular weight excluding hydrogens is 546 g/mol. The average Bonchev–Trinajstić information content (AvgIpc) is 3.79. The molecule has 0 aliphatic rings. The third-order valence-corrected chi connectivity index (χ3v) is 9.44. The predicted octanol–water partition coefficient (Wildman–Crippen LogP) is 11.0. The number of nitrogens with zero attached hydrogens (tertiary/aromatic N) is 3. The normalized spacial score (nSPS) is 12.0. The van der Waals surface area contributed by atoms with Crippen LogP contribution in [0.3, 0.4) is 0 Å². The van der Waals surface area contributed by atoms with Gasteiger partial charge in [0.05, 0.1) is 27.6 Å². The lowest BCUT2D eigenvalue weighted by Crippen LogP contribution is -1.96. The summed E-state index contributed by atoms with van der Waals surface area (Å²) in [6.07, 6.45) is 2.19. The van der Waals surface area contributed by atoms with E-state index >= 15 is 0 Å². The fraction of sp³-hybridized carbons (Fsp3) is 0. The first-order chi connectivity index (χ1) is 22.3. The van der Waals surface area contributed by atoms with Crippen LogP contribution < -0.4 is 0 Å². The van der Waals surface area contributed by atoms with E-state index < -0.39 is 0 Å². The molecule has 7 aromatic carbocycles. The van der Waals surface area contributed by atoms with Crippen LogP contribution >= 0.6 is 0 Å². The Balaban J connectivity index is 1.28. The molecule has 0 N–H and O–H groups in total. The van der Waals surface area contributed by atoms with E-state index in [1.807, 2.05) is 0 Å². The molecule has 10 rings (SSSR count). The quantitative estimate of drug-likeness (QED) is 0.200. The minimum absolute atomic E-state index is 1.16. The van der Waals surface area contributed by atoms with E-state index in [9.17, 15) is 0 Å². The highest BCUT2D eigenvalue weighted by Gasteiger charge is 2.19. The van der Waals surface area contributed by atoms with Crippen LogP contribution in [0.4, 0.5) is 0 Å². The van der Waals surface area contributed by atoms with Crippen LogP contribution in [0.1, 0.15) is 0 Å². The third-order valence-electron chi connectivity index (χ3n) is 9.44. The number of benzene rings is 7. The van der Waals surface area contributed by atoms with Gasteiger partial charge in [0.15, 0.2) is 0 Å². The topological polar surface area (TPSA) is 14.8 Å². The van der Waals surface area contributed by atoms with Gasteiger partial charge < -0.3 is 13.7 Å². The van der Waals surface area contributed by atoms with Gasteiger partial charge in [-0.15, -0.1) is 0 Å². The lowest BCUT2D eigenvalue weighted by Gasteiger charge is -2.11. The molecule has 3 heteroatoms. The van der Waals surface area contributed by atoms with Gasteiger partial charge in [0.1, 0.15) is 0 Å². The van der Waals surface area contributed by atoms with E-state index in [2.05, 4.69) is 178 Å². The Labute approximate surface area is 259 Å². The highest BCUT2D eigenvalue weighted by Crippen LogP contribution is 2.41. The number of rotatable bonds is 3. The molecule has 0 spiro atoms. The van der Waals surface area contributed by atoms with Crippen LogP contribution in [0.15, 0.2) is 164 Å². The molecule has 0 aliphatic carbocycles. The Bertz CT molecular complexity index is 2740. The highest BCUT2D eigenvalue weighted by molar-refractivity contribution is 6.25. The number of hydrogen-bond donors (Lipinski definition) is 0. The SMILES string of the molecule is c1ccc(-n2ccc3ccc4c(ccc5c4c4ccccc4n5-c4ccc5c(c4)c4ccccc4n5-c4ccccc4)c32)cc1. The number of fused-ring (bicyclic) bond motifs is 10. The van der Waals surface area contributed by atoms with E-state index in [-0.39, 0.29) is 0 Å². The van der Waals surface area contributed by atoms with Crippen LogP contribution in [-0.4, -0.2) is 13.7 Å². The number of para-hydroxylation sites is 4. The molecular formula is C42H27N3. The maximum absolute atomic E-state index is 2.44. The summed E-state index contributed by atoms with van der Waals surface area (Å²) in [4.78, 5) is 0. The lowest BCUT2D eigenvalue weighted by atomic mass is 10.0. The maximum atomic E-state index is 2.44. The zero-order valence-corrected chi connectivity index (χ0v) is 24.4. The first kappa shape index (κ1) is 24.4. The minimum atomic E-state index is 1.16. The van der Waals surface area contributed by atoms with Crippen molar-refractivity contribution in [2.24, 2.45) is 0 Å². The zero-order valence-electron chi connectivity index (χ0n) is 24.4. The summed E-state index contributed by atoms with van der Waals surface area (Å²) >= 11 is 0. The summed E-state index contributed by atoms with van der Waals surface area (Å²) in [6.45, 7) is 0. The van der Waals surface area contributed by atoms with Gasteiger partial charge in [-0.25, -0.2) is 0 Å².